The number of amides is 1. The fraction of sp³-hybridized carbons (Fsp3) is 0.905. The Morgan fingerprint density at radius 3 is 0.789 bits per heavy atom. The van der Waals surface area contributed by atoms with Crippen LogP contribution in [-0.4, -0.2) is 47.4 Å². The van der Waals surface area contributed by atoms with Crippen molar-refractivity contribution >= 4 is 11.9 Å². The molecule has 0 bridgehead atoms. The number of nitrogens with one attached hydrogen (secondary N) is 1. The van der Waals surface area contributed by atoms with Gasteiger partial charge in [-0.05, 0) is 83.5 Å². The number of aliphatic hydroxyl groups excluding tert-OH is 2. The predicted octanol–water partition coefficient (Wildman–Crippen LogP) is 27.4. The van der Waals surface area contributed by atoms with E-state index in [4.69, 9.17) is 4.74 Å². The summed E-state index contributed by atoms with van der Waals surface area (Å²) in [5, 5.41) is 23.3. The minimum Gasteiger partial charge on any atom is -0.466 e. The van der Waals surface area contributed by atoms with Crippen LogP contribution >= 0.6 is 0 Å². The summed E-state index contributed by atoms with van der Waals surface area (Å²) in [6.45, 7) is 4.95. The Morgan fingerprint density at radius 1 is 0.300 bits per heavy atom. The summed E-state index contributed by atoms with van der Waals surface area (Å²) in [5.41, 5.74) is 0. The van der Waals surface area contributed by atoms with Crippen molar-refractivity contribution in [3.63, 3.8) is 0 Å². The lowest BCUT2D eigenvalue weighted by Crippen LogP contribution is -2.45. The normalized spacial score (nSPS) is 12.6. The fourth-order valence-corrected chi connectivity index (χ4v) is 13.1. The number of rotatable bonds is 78. The van der Waals surface area contributed by atoms with Crippen molar-refractivity contribution in [1.29, 1.82) is 0 Å². The van der Waals surface area contributed by atoms with Gasteiger partial charge < -0.3 is 20.3 Å². The van der Waals surface area contributed by atoms with E-state index in [0.29, 0.717) is 19.4 Å². The predicted molar refractivity (Wildman–Crippen MR) is 398 cm³/mol. The highest BCUT2D eigenvalue weighted by Crippen LogP contribution is 2.20. The lowest BCUT2D eigenvalue weighted by Gasteiger charge is -2.20. The molecule has 6 heteroatoms. The van der Waals surface area contributed by atoms with Crippen LogP contribution in [0.5, 0.6) is 0 Å². The number of carbonyl (C=O) groups excluding carboxylic acids is 2. The first kappa shape index (κ1) is 88.1. The van der Waals surface area contributed by atoms with Crippen LogP contribution in [0.2, 0.25) is 0 Å². The molecule has 0 spiro atoms. The van der Waals surface area contributed by atoms with Crippen LogP contribution in [0.3, 0.4) is 0 Å². The third kappa shape index (κ3) is 75.1. The van der Waals surface area contributed by atoms with Crippen molar-refractivity contribution in [1.82, 2.24) is 5.32 Å². The summed E-state index contributed by atoms with van der Waals surface area (Å²) in [6.07, 6.45) is 104. The quantitative estimate of drug-likeness (QED) is 0.0320. The van der Waals surface area contributed by atoms with Crippen LogP contribution in [0, 0.1) is 0 Å². The number of esters is 1. The van der Waals surface area contributed by atoms with Gasteiger partial charge in [-0.2, -0.15) is 0 Å². The Balaban J connectivity index is 3.39. The van der Waals surface area contributed by atoms with Crippen molar-refractivity contribution in [2.24, 2.45) is 0 Å². The molecule has 0 radical (unpaired) electrons. The second-order valence-electron chi connectivity index (χ2n) is 28.4. The molecule has 532 valence electrons. The van der Waals surface area contributed by atoms with E-state index in [2.05, 4.69) is 43.5 Å². The maximum atomic E-state index is 12.6. The number of allylic oxidation sites excluding steroid dienone is 5. The van der Waals surface area contributed by atoms with Gasteiger partial charge in [-0.1, -0.05) is 403 Å². The first-order valence-electron chi connectivity index (χ1n) is 41.3. The summed E-state index contributed by atoms with van der Waals surface area (Å²) in [6, 6.07) is -0.629. The molecule has 0 aromatic carbocycles. The highest BCUT2D eigenvalue weighted by atomic mass is 16.5. The molecule has 0 aliphatic rings. The Kier molecular flexibility index (Phi) is 77.8. The van der Waals surface area contributed by atoms with Gasteiger partial charge >= 0.3 is 5.97 Å². The minimum atomic E-state index is -0.846. The van der Waals surface area contributed by atoms with E-state index in [0.717, 1.165) is 38.5 Å². The van der Waals surface area contributed by atoms with Crippen LogP contribution in [0.25, 0.3) is 0 Å². The van der Waals surface area contributed by atoms with Gasteiger partial charge in [-0.15, -0.1) is 0 Å². The molecule has 0 aromatic heterocycles. The molecular formula is C84H161NO5. The van der Waals surface area contributed by atoms with Crippen molar-refractivity contribution < 1.29 is 24.5 Å². The third-order valence-electron chi connectivity index (χ3n) is 19.4. The minimum absolute atomic E-state index is 0.0168. The van der Waals surface area contributed by atoms with Gasteiger partial charge in [-0.25, -0.2) is 0 Å². The second-order valence-corrected chi connectivity index (χ2v) is 28.4. The van der Waals surface area contributed by atoms with E-state index in [1.807, 2.05) is 6.08 Å². The van der Waals surface area contributed by atoms with Crippen LogP contribution < -0.4 is 5.32 Å². The van der Waals surface area contributed by atoms with E-state index < -0.39 is 12.1 Å². The van der Waals surface area contributed by atoms with Crippen molar-refractivity contribution in [3.05, 3.63) is 36.5 Å². The first-order valence-corrected chi connectivity index (χ1v) is 41.3. The smallest absolute Gasteiger partial charge is 0.305 e. The molecule has 0 saturated carbocycles. The second kappa shape index (κ2) is 79.5. The summed E-state index contributed by atoms with van der Waals surface area (Å²) >= 11 is 0. The van der Waals surface area contributed by atoms with Crippen LogP contribution in [-0.2, 0) is 14.3 Å². The van der Waals surface area contributed by atoms with Gasteiger partial charge in [0.05, 0.1) is 25.4 Å². The lowest BCUT2D eigenvalue weighted by molar-refractivity contribution is -0.143. The SMILES string of the molecule is CCCCCCCC/C=C\CCCCCCCCCCCC(=O)OCCCCCCCCCCCCCC/C=C\CCCCCCCCCCCCCCCC(=O)NC(CO)C(O)/C=C/CCCCCCCCCCCCCCCCCCCCCCCCC. The van der Waals surface area contributed by atoms with E-state index in [-0.39, 0.29) is 18.5 Å². The number of hydrogen-bond donors (Lipinski definition) is 3. The van der Waals surface area contributed by atoms with E-state index in [1.54, 1.807) is 6.08 Å². The Labute approximate surface area is 564 Å². The topological polar surface area (TPSA) is 95.9 Å². The Morgan fingerprint density at radius 2 is 0.522 bits per heavy atom. The summed E-state index contributed by atoms with van der Waals surface area (Å²) in [7, 11) is 0. The molecule has 0 rings (SSSR count). The molecule has 0 fully saturated rings. The fourth-order valence-electron chi connectivity index (χ4n) is 13.1. The van der Waals surface area contributed by atoms with Crippen LogP contribution in [0.15, 0.2) is 36.5 Å². The Hall–Kier alpha value is -1.92. The maximum Gasteiger partial charge on any atom is 0.305 e. The van der Waals surface area contributed by atoms with Crippen molar-refractivity contribution in [2.75, 3.05) is 13.2 Å². The largest absolute Gasteiger partial charge is 0.466 e. The third-order valence-corrected chi connectivity index (χ3v) is 19.4. The number of unbranched alkanes of at least 4 members (excludes halogenated alkanes) is 63. The average molecular weight is 1270 g/mol. The highest BCUT2D eigenvalue weighted by molar-refractivity contribution is 5.76. The zero-order valence-corrected chi connectivity index (χ0v) is 61.1. The Bertz CT molecular complexity index is 1460. The van der Waals surface area contributed by atoms with Gasteiger partial charge in [0.1, 0.15) is 0 Å². The first-order chi connectivity index (χ1) is 44.5. The van der Waals surface area contributed by atoms with Crippen molar-refractivity contribution in [2.45, 2.75) is 475 Å². The number of ether oxygens (including phenoxy) is 1. The number of carbonyl (C=O) groups is 2. The standard InChI is InChI=1S/C84H161NO5/c1-3-5-7-9-11-13-15-17-19-21-23-24-25-31-34-37-41-44-48-52-56-60-64-68-72-76-82(87)81(80-86)85-83(88)77-73-69-65-61-57-53-49-45-42-38-35-32-29-27-26-28-30-33-36-39-43-47-51-55-59-63-67-71-75-79-90-84(89)78-74-70-66-62-58-54-50-46-40-22-20-18-16-14-12-10-8-6-4-2/h18,20,26,28,72,76,81-82,86-87H,3-17,19,21-25,27,29-71,73-75,77-80H2,1-2H3,(H,85,88)/b20-18-,28-26-,76-72+. The molecule has 2 unspecified atom stereocenters. The van der Waals surface area contributed by atoms with Crippen molar-refractivity contribution in [3.8, 4) is 0 Å². The van der Waals surface area contributed by atoms with Gasteiger partial charge in [0.15, 0.2) is 0 Å². The average Bonchev–Trinajstić information content (AvgIpc) is 3.69. The number of aliphatic hydroxyl groups is 2. The molecule has 90 heavy (non-hydrogen) atoms. The van der Waals surface area contributed by atoms with Crippen LogP contribution in [0.1, 0.15) is 463 Å². The molecule has 2 atom stereocenters. The molecule has 1 amide bonds. The van der Waals surface area contributed by atoms with Gasteiger partial charge in [-0.3, -0.25) is 9.59 Å². The van der Waals surface area contributed by atoms with E-state index in [9.17, 15) is 19.8 Å². The molecule has 0 aliphatic carbocycles. The monoisotopic (exact) mass is 1260 g/mol. The molecule has 0 heterocycles. The zero-order chi connectivity index (χ0) is 64.9. The summed E-state index contributed by atoms with van der Waals surface area (Å²) in [5.74, 6) is -0.0452. The molecular weight excluding hydrogens is 1100 g/mol. The summed E-state index contributed by atoms with van der Waals surface area (Å²) in [4.78, 5) is 24.7. The molecule has 3 N–H and O–H groups in total. The van der Waals surface area contributed by atoms with Gasteiger partial charge in [0, 0.05) is 12.8 Å². The molecule has 0 saturated heterocycles. The number of hydrogen-bond acceptors (Lipinski definition) is 5. The summed E-state index contributed by atoms with van der Waals surface area (Å²) < 4.78 is 5.52. The maximum absolute atomic E-state index is 12.6. The molecule has 0 aliphatic heterocycles. The highest BCUT2D eigenvalue weighted by Gasteiger charge is 2.18. The zero-order valence-electron chi connectivity index (χ0n) is 61.1. The molecule has 6 nitrogen and oxygen atoms in total. The van der Waals surface area contributed by atoms with E-state index in [1.165, 1.54) is 398 Å². The van der Waals surface area contributed by atoms with E-state index >= 15 is 0 Å². The lowest BCUT2D eigenvalue weighted by atomic mass is 10.0. The van der Waals surface area contributed by atoms with Gasteiger partial charge in [0.25, 0.3) is 0 Å². The van der Waals surface area contributed by atoms with Gasteiger partial charge in [0.2, 0.25) is 5.91 Å². The van der Waals surface area contributed by atoms with Crippen LogP contribution in [0.4, 0.5) is 0 Å². The molecule has 0 aromatic rings.